The Morgan fingerprint density at radius 1 is 0.714 bits per heavy atom. The predicted molar refractivity (Wildman–Crippen MR) is 58.0 cm³/mol. The molecule has 0 rings (SSSR count). The van der Waals surface area contributed by atoms with Gasteiger partial charge in [0, 0.05) is 11.8 Å². The van der Waals surface area contributed by atoms with Gasteiger partial charge in [-0.2, -0.15) is 0 Å². The van der Waals surface area contributed by atoms with Crippen molar-refractivity contribution >= 4 is 11.6 Å². The Labute approximate surface area is 87.1 Å². The van der Waals surface area contributed by atoms with Crippen LogP contribution in [0.4, 0.5) is 0 Å². The number of Topliss-reactive ketones (excluding diaryl/α,β-unsaturated/α-hetero) is 2. The number of hydrogen-bond acceptors (Lipinski definition) is 2. The molecule has 0 radical (unpaired) electrons. The van der Waals surface area contributed by atoms with Crippen LogP contribution in [0.25, 0.3) is 0 Å². The fourth-order valence-electron chi connectivity index (χ4n) is 2.27. The molecule has 82 valence electrons. The Balaban J connectivity index is 4.93. The van der Waals surface area contributed by atoms with E-state index in [1.165, 1.54) is 0 Å². The molecule has 0 aromatic rings. The molecule has 0 aliphatic rings. The van der Waals surface area contributed by atoms with Crippen LogP contribution in [-0.2, 0) is 9.59 Å². The Kier molecular flexibility index (Phi) is 5.03. The summed E-state index contributed by atoms with van der Waals surface area (Å²) in [6, 6.07) is 0. The van der Waals surface area contributed by atoms with E-state index >= 15 is 0 Å². The van der Waals surface area contributed by atoms with E-state index in [9.17, 15) is 9.59 Å². The van der Waals surface area contributed by atoms with Gasteiger partial charge in [-0.3, -0.25) is 9.59 Å². The number of carbonyl (C=O) groups is 2. The highest BCUT2D eigenvalue weighted by Gasteiger charge is 2.33. The SMILES string of the molecule is CC(=O)[C@@H](C(C)C)[C@@H](C(C)=O)C(C)C. The maximum Gasteiger partial charge on any atom is 0.133 e. The van der Waals surface area contributed by atoms with Gasteiger partial charge in [0.1, 0.15) is 11.6 Å². The molecule has 14 heavy (non-hydrogen) atoms. The zero-order valence-corrected chi connectivity index (χ0v) is 10.1. The molecular formula is C12H22O2. The lowest BCUT2D eigenvalue weighted by atomic mass is 9.73. The minimum Gasteiger partial charge on any atom is -0.300 e. The normalized spacial score (nSPS) is 15.7. The van der Waals surface area contributed by atoms with E-state index in [4.69, 9.17) is 0 Å². The van der Waals surface area contributed by atoms with Crippen molar-refractivity contribution in [3.8, 4) is 0 Å². The van der Waals surface area contributed by atoms with Gasteiger partial charge in [-0.25, -0.2) is 0 Å². The zero-order chi connectivity index (χ0) is 11.5. The lowest BCUT2D eigenvalue weighted by molar-refractivity contribution is -0.133. The Bertz CT molecular complexity index is 192. The zero-order valence-electron chi connectivity index (χ0n) is 10.1. The van der Waals surface area contributed by atoms with Gasteiger partial charge in [-0.1, -0.05) is 27.7 Å². The van der Waals surface area contributed by atoms with E-state index in [0.717, 1.165) is 0 Å². The summed E-state index contributed by atoms with van der Waals surface area (Å²) in [5.41, 5.74) is 0. The third-order valence-electron chi connectivity index (χ3n) is 2.76. The predicted octanol–water partition coefficient (Wildman–Crippen LogP) is 2.71. The van der Waals surface area contributed by atoms with Gasteiger partial charge in [0.15, 0.2) is 0 Å². The lowest BCUT2D eigenvalue weighted by Gasteiger charge is -2.29. The molecule has 2 nitrogen and oxygen atoms in total. The van der Waals surface area contributed by atoms with Crippen LogP contribution < -0.4 is 0 Å². The van der Waals surface area contributed by atoms with Crippen molar-refractivity contribution in [2.24, 2.45) is 23.7 Å². The molecule has 0 fully saturated rings. The average Bonchev–Trinajstić information content (AvgIpc) is 1.96. The topological polar surface area (TPSA) is 34.1 Å². The van der Waals surface area contributed by atoms with Gasteiger partial charge < -0.3 is 0 Å². The van der Waals surface area contributed by atoms with E-state index in [1.807, 2.05) is 27.7 Å². The van der Waals surface area contributed by atoms with Crippen LogP contribution in [0.3, 0.4) is 0 Å². The molecule has 0 saturated heterocycles. The molecule has 0 heterocycles. The fraction of sp³-hybridized carbons (Fsp3) is 0.833. The maximum atomic E-state index is 11.5. The van der Waals surface area contributed by atoms with Crippen molar-refractivity contribution < 1.29 is 9.59 Å². The van der Waals surface area contributed by atoms with Gasteiger partial charge in [-0.05, 0) is 25.7 Å². The first-order valence-corrected chi connectivity index (χ1v) is 5.29. The monoisotopic (exact) mass is 198 g/mol. The second-order valence-electron chi connectivity index (χ2n) is 4.76. The van der Waals surface area contributed by atoms with Crippen LogP contribution in [0.15, 0.2) is 0 Å². The van der Waals surface area contributed by atoms with Crippen LogP contribution in [0.2, 0.25) is 0 Å². The van der Waals surface area contributed by atoms with E-state index < -0.39 is 0 Å². The van der Waals surface area contributed by atoms with Gasteiger partial charge in [0.05, 0.1) is 0 Å². The molecule has 0 aromatic heterocycles. The third kappa shape index (κ3) is 3.24. The largest absolute Gasteiger partial charge is 0.300 e. The molecule has 0 aromatic carbocycles. The summed E-state index contributed by atoms with van der Waals surface area (Å²) in [6.07, 6.45) is 0. The number of rotatable bonds is 5. The Morgan fingerprint density at radius 2 is 0.929 bits per heavy atom. The fourth-order valence-corrected chi connectivity index (χ4v) is 2.27. The average molecular weight is 198 g/mol. The van der Waals surface area contributed by atoms with Crippen molar-refractivity contribution in [3.05, 3.63) is 0 Å². The molecule has 0 amide bonds. The highest BCUT2D eigenvalue weighted by Crippen LogP contribution is 2.28. The lowest BCUT2D eigenvalue weighted by Crippen LogP contribution is -2.34. The van der Waals surface area contributed by atoms with E-state index in [0.29, 0.717) is 0 Å². The summed E-state index contributed by atoms with van der Waals surface area (Å²) in [5, 5.41) is 0. The van der Waals surface area contributed by atoms with Gasteiger partial charge in [0.25, 0.3) is 0 Å². The highest BCUT2D eigenvalue weighted by atomic mass is 16.1. The van der Waals surface area contributed by atoms with Crippen molar-refractivity contribution in [2.75, 3.05) is 0 Å². The molecular weight excluding hydrogens is 176 g/mol. The maximum absolute atomic E-state index is 11.5. The van der Waals surface area contributed by atoms with Gasteiger partial charge in [-0.15, -0.1) is 0 Å². The molecule has 0 N–H and O–H groups in total. The summed E-state index contributed by atoms with van der Waals surface area (Å²) < 4.78 is 0. The van der Waals surface area contributed by atoms with Gasteiger partial charge in [0.2, 0.25) is 0 Å². The molecule has 0 unspecified atom stereocenters. The molecule has 0 bridgehead atoms. The van der Waals surface area contributed by atoms with Crippen LogP contribution in [0.1, 0.15) is 41.5 Å². The number of ketones is 2. The van der Waals surface area contributed by atoms with Crippen LogP contribution in [0, 0.1) is 23.7 Å². The Hall–Kier alpha value is -0.660. The van der Waals surface area contributed by atoms with Crippen molar-refractivity contribution in [1.29, 1.82) is 0 Å². The molecule has 2 heteroatoms. The van der Waals surface area contributed by atoms with E-state index in [2.05, 4.69) is 0 Å². The van der Waals surface area contributed by atoms with E-state index in [-0.39, 0.29) is 35.2 Å². The number of hydrogen-bond donors (Lipinski definition) is 0. The van der Waals surface area contributed by atoms with Gasteiger partial charge >= 0.3 is 0 Å². The highest BCUT2D eigenvalue weighted by molar-refractivity contribution is 5.87. The summed E-state index contributed by atoms with van der Waals surface area (Å²) in [7, 11) is 0. The summed E-state index contributed by atoms with van der Waals surface area (Å²) >= 11 is 0. The first-order chi connectivity index (χ1) is 6.29. The minimum atomic E-state index is -0.118. The summed E-state index contributed by atoms with van der Waals surface area (Å²) in [5.74, 6) is 0.510. The second kappa shape index (κ2) is 5.28. The molecule has 0 saturated carbocycles. The second-order valence-corrected chi connectivity index (χ2v) is 4.76. The molecule has 0 aliphatic carbocycles. The summed E-state index contributed by atoms with van der Waals surface area (Å²) in [4.78, 5) is 23.0. The first-order valence-electron chi connectivity index (χ1n) is 5.29. The standard InChI is InChI=1S/C12H22O2/c1-7(2)11(9(5)13)12(8(3)4)10(6)14/h7-8,11-12H,1-6H3/t11-,12-/m1/s1. The Morgan fingerprint density at radius 3 is 1.00 bits per heavy atom. The molecule has 2 atom stereocenters. The third-order valence-corrected chi connectivity index (χ3v) is 2.76. The minimum absolute atomic E-state index is 0.118. The number of carbonyl (C=O) groups excluding carboxylic acids is 2. The smallest absolute Gasteiger partial charge is 0.133 e. The van der Waals surface area contributed by atoms with Crippen LogP contribution in [-0.4, -0.2) is 11.6 Å². The summed E-state index contributed by atoms with van der Waals surface area (Å²) in [6.45, 7) is 11.2. The molecule has 0 spiro atoms. The quantitative estimate of drug-likeness (QED) is 0.680. The van der Waals surface area contributed by atoms with E-state index in [1.54, 1.807) is 13.8 Å². The van der Waals surface area contributed by atoms with Crippen molar-refractivity contribution in [3.63, 3.8) is 0 Å². The van der Waals surface area contributed by atoms with Crippen molar-refractivity contribution in [1.82, 2.24) is 0 Å². The first kappa shape index (κ1) is 13.3. The van der Waals surface area contributed by atoms with Crippen LogP contribution in [0.5, 0.6) is 0 Å². The van der Waals surface area contributed by atoms with Crippen LogP contribution >= 0.6 is 0 Å². The van der Waals surface area contributed by atoms with Crippen molar-refractivity contribution in [2.45, 2.75) is 41.5 Å². The molecule has 0 aliphatic heterocycles.